The summed E-state index contributed by atoms with van der Waals surface area (Å²) in [5.41, 5.74) is 0.927. The summed E-state index contributed by atoms with van der Waals surface area (Å²) in [6.07, 6.45) is 2.27. The third kappa shape index (κ3) is 5.68. The number of aromatic nitrogens is 2. The summed E-state index contributed by atoms with van der Waals surface area (Å²) in [6.45, 7) is 1.48. The number of anilines is 1. The number of hydrogen-bond donors (Lipinski definition) is 2. The fraction of sp³-hybridized carbons (Fsp3) is 0.174. The predicted octanol–water partition coefficient (Wildman–Crippen LogP) is 3.90. The molecule has 11 heteroatoms. The number of carbonyl (C=O) groups is 1. The number of benzene rings is 2. The van der Waals surface area contributed by atoms with E-state index in [0.717, 1.165) is 6.26 Å². The lowest BCUT2D eigenvalue weighted by Crippen LogP contribution is -2.17. The highest BCUT2D eigenvalue weighted by Gasteiger charge is 2.15. The maximum Gasteiger partial charge on any atom is 0.257 e. The molecule has 0 aliphatic heterocycles. The molecule has 4 aromatic rings. The molecule has 9 nitrogen and oxygen atoms in total. The van der Waals surface area contributed by atoms with E-state index in [1.165, 1.54) is 47.7 Å². The smallest absolute Gasteiger partial charge is 0.257 e. The first kappa shape index (κ1) is 23.6. The Morgan fingerprint density at radius 1 is 1.12 bits per heavy atom. The van der Waals surface area contributed by atoms with E-state index in [1.54, 1.807) is 31.3 Å². The third-order valence-electron chi connectivity index (χ3n) is 4.61. The van der Waals surface area contributed by atoms with Crippen LogP contribution in [0.3, 0.4) is 0 Å². The summed E-state index contributed by atoms with van der Waals surface area (Å²) in [7, 11) is -3.33. The molecule has 0 bridgehead atoms. The van der Waals surface area contributed by atoms with Gasteiger partial charge in [-0.25, -0.2) is 18.4 Å². The minimum absolute atomic E-state index is 0.166. The Kier molecular flexibility index (Phi) is 6.77. The van der Waals surface area contributed by atoms with Gasteiger partial charge < -0.3 is 14.6 Å². The van der Waals surface area contributed by atoms with Gasteiger partial charge in [-0.15, -0.1) is 0 Å². The Morgan fingerprint density at radius 3 is 2.53 bits per heavy atom. The van der Waals surface area contributed by atoms with Crippen LogP contribution in [0.4, 0.5) is 5.13 Å². The number of ether oxygens (including phenoxy) is 2. The van der Waals surface area contributed by atoms with Crippen LogP contribution in [0.15, 0.2) is 65.7 Å². The second-order valence-corrected chi connectivity index (χ2v) is 10.4. The van der Waals surface area contributed by atoms with Gasteiger partial charge in [-0.2, -0.15) is 0 Å². The Bertz CT molecular complexity index is 1400. The Hall–Kier alpha value is -3.54. The first-order valence-corrected chi connectivity index (χ1v) is 12.9. The van der Waals surface area contributed by atoms with Gasteiger partial charge in [0.2, 0.25) is 0 Å². The van der Waals surface area contributed by atoms with E-state index in [1.807, 2.05) is 0 Å². The number of thiazole rings is 1. The van der Waals surface area contributed by atoms with Crippen molar-refractivity contribution in [1.29, 1.82) is 0 Å². The Balaban J connectivity index is 1.61. The SMILES string of the molecule is CC(CO)Oc1cc(Oc2ccc(S(C)(=O)=O)cc2)cc(C(=O)Nc2nc3cccnc3s2)c1. The van der Waals surface area contributed by atoms with E-state index in [9.17, 15) is 18.3 Å². The summed E-state index contributed by atoms with van der Waals surface area (Å²) in [6, 6.07) is 14.1. The molecular formula is C23H21N3O6S2. The van der Waals surface area contributed by atoms with Gasteiger partial charge in [-0.1, -0.05) is 11.3 Å². The third-order valence-corrected chi connectivity index (χ3v) is 6.63. The second kappa shape index (κ2) is 9.75. The number of nitrogens with zero attached hydrogens (tertiary/aromatic N) is 2. The van der Waals surface area contributed by atoms with Crippen LogP contribution in [0, 0.1) is 0 Å². The van der Waals surface area contributed by atoms with Crippen molar-refractivity contribution in [3.05, 3.63) is 66.4 Å². The summed E-state index contributed by atoms with van der Waals surface area (Å²) >= 11 is 1.25. The standard InChI is InChI=1S/C23H21N3O6S2/c1-14(13-27)31-17-10-15(21(28)26-23-25-20-4-3-9-24-22(20)33-23)11-18(12-17)32-16-5-7-19(8-6-16)34(2,29)30/h3-12,14,27H,13H2,1-2H3,(H,25,26,28). The van der Waals surface area contributed by atoms with Crippen LogP contribution in [0.2, 0.25) is 0 Å². The minimum Gasteiger partial charge on any atom is -0.488 e. The van der Waals surface area contributed by atoms with Gasteiger partial charge in [-0.3, -0.25) is 10.1 Å². The first-order chi connectivity index (χ1) is 16.2. The average molecular weight is 500 g/mol. The quantitative estimate of drug-likeness (QED) is 0.374. The molecule has 1 atom stereocenters. The van der Waals surface area contributed by atoms with Gasteiger partial charge in [0.15, 0.2) is 15.0 Å². The molecule has 1 unspecified atom stereocenters. The van der Waals surface area contributed by atoms with Crippen molar-refractivity contribution in [1.82, 2.24) is 9.97 Å². The lowest BCUT2D eigenvalue weighted by molar-refractivity contribution is 0.102. The number of rotatable bonds is 8. The zero-order chi connectivity index (χ0) is 24.3. The molecule has 2 aromatic carbocycles. The molecule has 0 saturated heterocycles. The molecule has 4 rings (SSSR count). The van der Waals surface area contributed by atoms with Crippen molar-refractivity contribution in [2.45, 2.75) is 17.9 Å². The van der Waals surface area contributed by atoms with Crippen molar-refractivity contribution in [2.24, 2.45) is 0 Å². The maximum atomic E-state index is 13.0. The molecule has 0 saturated carbocycles. The molecule has 0 spiro atoms. The summed E-state index contributed by atoms with van der Waals surface area (Å²) in [4.78, 5) is 22.4. The minimum atomic E-state index is -3.33. The van der Waals surface area contributed by atoms with Crippen molar-refractivity contribution in [3.63, 3.8) is 0 Å². The van der Waals surface area contributed by atoms with Gasteiger partial charge in [0.25, 0.3) is 5.91 Å². The number of sulfone groups is 1. The van der Waals surface area contributed by atoms with E-state index in [4.69, 9.17) is 9.47 Å². The molecule has 2 aromatic heterocycles. The highest BCUT2D eigenvalue weighted by Crippen LogP contribution is 2.30. The average Bonchev–Trinajstić information content (AvgIpc) is 3.21. The lowest BCUT2D eigenvalue weighted by Gasteiger charge is -2.15. The van der Waals surface area contributed by atoms with Crippen LogP contribution in [0.1, 0.15) is 17.3 Å². The van der Waals surface area contributed by atoms with E-state index >= 15 is 0 Å². The monoisotopic (exact) mass is 499 g/mol. The van der Waals surface area contributed by atoms with Gasteiger partial charge in [0, 0.05) is 24.1 Å². The molecule has 0 aliphatic carbocycles. The zero-order valence-corrected chi connectivity index (χ0v) is 19.9. The first-order valence-electron chi connectivity index (χ1n) is 10.1. The Morgan fingerprint density at radius 2 is 1.85 bits per heavy atom. The van der Waals surface area contributed by atoms with E-state index in [2.05, 4.69) is 15.3 Å². The second-order valence-electron chi connectivity index (χ2n) is 7.45. The number of aliphatic hydroxyl groups excluding tert-OH is 1. The van der Waals surface area contributed by atoms with Crippen molar-refractivity contribution in [3.8, 4) is 17.2 Å². The fourth-order valence-electron chi connectivity index (χ4n) is 2.98. The van der Waals surface area contributed by atoms with Crippen LogP contribution in [0.25, 0.3) is 10.3 Å². The van der Waals surface area contributed by atoms with Gasteiger partial charge in [0.1, 0.15) is 33.7 Å². The molecule has 0 radical (unpaired) electrons. The van der Waals surface area contributed by atoms with Crippen molar-refractivity contribution in [2.75, 3.05) is 18.2 Å². The van der Waals surface area contributed by atoms with Gasteiger partial charge in [0.05, 0.1) is 11.5 Å². The van der Waals surface area contributed by atoms with E-state index < -0.39 is 21.8 Å². The summed E-state index contributed by atoms with van der Waals surface area (Å²) < 4.78 is 34.9. The highest BCUT2D eigenvalue weighted by atomic mass is 32.2. The summed E-state index contributed by atoms with van der Waals surface area (Å²) in [5.74, 6) is 0.565. The molecule has 2 N–H and O–H groups in total. The van der Waals surface area contributed by atoms with Gasteiger partial charge in [-0.05, 0) is 55.5 Å². The molecule has 0 aliphatic rings. The van der Waals surface area contributed by atoms with Crippen molar-refractivity contribution < 1.29 is 27.8 Å². The van der Waals surface area contributed by atoms with E-state index in [0.29, 0.717) is 32.7 Å². The highest BCUT2D eigenvalue weighted by molar-refractivity contribution is 7.90. The molecular weight excluding hydrogens is 478 g/mol. The molecule has 1 amide bonds. The predicted molar refractivity (Wildman–Crippen MR) is 129 cm³/mol. The Labute approximate surface area is 199 Å². The zero-order valence-electron chi connectivity index (χ0n) is 18.3. The number of carbonyl (C=O) groups excluding carboxylic acids is 1. The van der Waals surface area contributed by atoms with Crippen LogP contribution < -0.4 is 14.8 Å². The van der Waals surface area contributed by atoms with Gasteiger partial charge >= 0.3 is 0 Å². The number of fused-ring (bicyclic) bond motifs is 1. The fourth-order valence-corrected chi connectivity index (χ4v) is 4.42. The lowest BCUT2D eigenvalue weighted by atomic mass is 10.2. The topological polar surface area (TPSA) is 128 Å². The number of amides is 1. The largest absolute Gasteiger partial charge is 0.488 e. The van der Waals surface area contributed by atoms with Crippen molar-refractivity contribution >= 4 is 42.6 Å². The maximum absolute atomic E-state index is 13.0. The number of nitrogens with one attached hydrogen (secondary N) is 1. The molecule has 0 fully saturated rings. The number of pyridine rings is 1. The van der Waals surface area contributed by atoms with Crippen LogP contribution in [0.5, 0.6) is 17.2 Å². The number of hydrogen-bond acceptors (Lipinski definition) is 9. The summed E-state index contributed by atoms with van der Waals surface area (Å²) in [5, 5.41) is 12.5. The number of aliphatic hydroxyl groups is 1. The normalized spacial score (nSPS) is 12.3. The molecule has 34 heavy (non-hydrogen) atoms. The van der Waals surface area contributed by atoms with Crippen LogP contribution in [-0.4, -0.2) is 48.4 Å². The van der Waals surface area contributed by atoms with Crippen LogP contribution in [-0.2, 0) is 9.84 Å². The molecule has 2 heterocycles. The van der Waals surface area contributed by atoms with Crippen LogP contribution >= 0.6 is 11.3 Å². The molecule has 176 valence electrons. The van der Waals surface area contributed by atoms with E-state index in [-0.39, 0.29) is 17.1 Å².